The second-order valence-electron chi connectivity index (χ2n) is 6.31. The van der Waals surface area contributed by atoms with Gasteiger partial charge in [-0.25, -0.2) is 4.98 Å². The average molecular weight is 348 g/mol. The van der Waals surface area contributed by atoms with Gasteiger partial charge < -0.3 is 14.2 Å². The number of ether oxygens (including phenoxy) is 1. The number of aromatic nitrogens is 3. The highest BCUT2D eigenvalue weighted by atomic mass is 16.5. The molecule has 132 valence electrons. The van der Waals surface area contributed by atoms with Gasteiger partial charge in [-0.2, -0.15) is 0 Å². The van der Waals surface area contributed by atoms with Gasteiger partial charge >= 0.3 is 0 Å². The maximum Gasteiger partial charge on any atom is 0.228 e. The van der Waals surface area contributed by atoms with E-state index in [-0.39, 0.29) is 11.9 Å². The van der Waals surface area contributed by atoms with E-state index in [1.807, 2.05) is 47.5 Å². The Morgan fingerprint density at radius 2 is 2.12 bits per heavy atom. The van der Waals surface area contributed by atoms with Gasteiger partial charge in [0.15, 0.2) is 0 Å². The van der Waals surface area contributed by atoms with Crippen molar-refractivity contribution >= 4 is 5.91 Å². The lowest BCUT2D eigenvalue weighted by Crippen LogP contribution is -2.42. The molecule has 0 saturated carbocycles. The van der Waals surface area contributed by atoms with Gasteiger partial charge in [-0.3, -0.25) is 9.78 Å². The predicted octanol–water partition coefficient (Wildman–Crippen LogP) is 2.61. The summed E-state index contributed by atoms with van der Waals surface area (Å²) in [6.07, 6.45) is 7.51. The molecule has 0 radical (unpaired) electrons. The number of hydrogen-bond acceptors (Lipinski definition) is 4. The molecule has 0 bridgehead atoms. The number of carbonyl (C=O) groups excluding carboxylic acids is 1. The van der Waals surface area contributed by atoms with Crippen LogP contribution >= 0.6 is 0 Å². The maximum absolute atomic E-state index is 13.1. The first-order chi connectivity index (χ1) is 12.8. The van der Waals surface area contributed by atoms with Crippen molar-refractivity contribution < 1.29 is 9.53 Å². The quantitative estimate of drug-likeness (QED) is 0.727. The molecule has 0 N–H and O–H groups in total. The molecule has 1 atom stereocenters. The van der Waals surface area contributed by atoms with Crippen molar-refractivity contribution in [2.75, 3.05) is 7.11 Å². The predicted molar refractivity (Wildman–Crippen MR) is 96.5 cm³/mol. The molecule has 26 heavy (non-hydrogen) atoms. The fourth-order valence-corrected chi connectivity index (χ4v) is 3.45. The summed E-state index contributed by atoms with van der Waals surface area (Å²) in [5.41, 5.74) is 1.92. The van der Waals surface area contributed by atoms with Crippen molar-refractivity contribution in [1.82, 2.24) is 19.4 Å². The molecule has 1 aliphatic rings. The molecule has 3 heterocycles. The van der Waals surface area contributed by atoms with E-state index in [0.29, 0.717) is 19.5 Å². The average Bonchev–Trinajstić information content (AvgIpc) is 3.15. The first-order valence-corrected chi connectivity index (χ1v) is 8.57. The highest BCUT2D eigenvalue weighted by molar-refractivity contribution is 5.79. The van der Waals surface area contributed by atoms with Crippen LogP contribution in [-0.4, -0.2) is 32.5 Å². The fourth-order valence-electron chi connectivity index (χ4n) is 3.45. The second-order valence-corrected chi connectivity index (χ2v) is 6.31. The van der Waals surface area contributed by atoms with Crippen LogP contribution in [0.4, 0.5) is 0 Å². The molecule has 1 aromatic carbocycles. The van der Waals surface area contributed by atoms with E-state index in [2.05, 4.69) is 14.5 Å². The van der Waals surface area contributed by atoms with Crippen molar-refractivity contribution in [1.29, 1.82) is 0 Å². The van der Waals surface area contributed by atoms with E-state index in [9.17, 15) is 4.79 Å². The van der Waals surface area contributed by atoms with Crippen LogP contribution in [0.1, 0.15) is 23.0 Å². The van der Waals surface area contributed by atoms with E-state index in [4.69, 9.17) is 4.74 Å². The van der Waals surface area contributed by atoms with Crippen LogP contribution in [-0.2, 0) is 24.3 Å². The molecule has 0 aliphatic carbocycles. The molecular weight excluding hydrogens is 328 g/mol. The Balaban J connectivity index is 1.68. The standard InChI is InChI=1S/C20H20N4O2/c1-26-18-7-3-2-6-16(18)17-13-23-10-9-22-19(23)14-24(17)20(25)11-15-5-4-8-21-12-15/h2-10,12,17H,11,13-14H2,1H3. The van der Waals surface area contributed by atoms with Gasteiger partial charge in [-0.05, 0) is 17.7 Å². The third kappa shape index (κ3) is 3.06. The van der Waals surface area contributed by atoms with Gasteiger partial charge in [0, 0.05) is 36.9 Å². The number of benzene rings is 1. The molecule has 1 aliphatic heterocycles. The Labute approximate surface area is 152 Å². The number of rotatable bonds is 4. The molecular formula is C20H20N4O2. The van der Waals surface area contributed by atoms with Crippen LogP contribution in [0, 0.1) is 0 Å². The molecule has 0 fully saturated rings. The van der Waals surface area contributed by atoms with Crippen molar-refractivity contribution in [3.05, 3.63) is 78.1 Å². The van der Waals surface area contributed by atoms with Gasteiger partial charge in [-0.15, -0.1) is 0 Å². The van der Waals surface area contributed by atoms with Crippen molar-refractivity contribution in [3.63, 3.8) is 0 Å². The third-order valence-electron chi connectivity index (χ3n) is 4.76. The number of fused-ring (bicyclic) bond motifs is 1. The van der Waals surface area contributed by atoms with Crippen LogP contribution in [0.3, 0.4) is 0 Å². The number of pyridine rings is 1. The minimum Gasteiger partial charge on any atom is -0.496 e. The Kier molecular flexibility index (Phi) is 4.39. The minimum absolute atomic E-state index is 0.0585. The zero-order chi connectivity index (χ0) is 17.9. The first kappa shape index (κ1) is 16.3. The Morgan fingerprint density at radius 1 is 1.23 bits per heavy atom. The largest absolute Gasteiger partial charge is 0.496 e. The van der Waals surface area contributed by atoms with Crippen LogP contribution in [0.2, 0.25) is 0 Å². The monoisotopic (exact) mass is 348 g/mol. The van der Waals surface area contributed by atoms with Crippen molar-refractivity contribution in [2.45, 2.75) is 25.6 Å². The SMILES string of the molecule is COc1ccccc1C1Cn2ccnc2CN1C(=O)Cc1cccnc1. The highest BCUT2D eigenvalue weighted by Crippen LogP contribution is 2.34. The van der Waals surface area contributed by atoms with Gasteiger partial charge in [0.2, 0.25) is 5.91 Å². The molecule has 0 saturated heterocycles. The Hall–Kier alpha value is -3.15. The first-order valence-electron chi connectivity index (χ1n) is 8.57. The molecule has 1 amide bonds. The fraction of sp³-hybridized carbons (Fsp3) is 0.250. The summed E-state index contributed by atoms with van der Waals surface area (Å²) in [7, 11) is 1.66. The minimum atomic E-state index is -0.1000. The zero-order valence-electron chi connectivity index (χ0n) is 14.6. The summed E-state index contributed by atoms with van der Waals surface area (Å²) in [5.74, 6) is 1.75. The lowest BCUT2D eigenvalue weighted by Gasteiger charge is -2.37. The summed E-state index contributed by atoms with van der Waals surface area (Å²) in [4.78, 5) is 23.5. The smallest absolute Gasteiger partial charge is 0.228 e. The molecule has 6 nitrogen and oxygen atoms in total. The number of imidazole rings is 1. The molecule has 6 heteroatoms. The zero-order valence-corrected chi connectivity index (χ0v) is 14.6. The van der Waals surface area contributed by atoms with Crippen LogP contribution in [0.25, 0.3) is 0 Å². The van der Waals surface area contributed by atoms with Crippen molar-refractivity contribution in [3.8, 4) is 5.75 Å². The number of para-hydroxylation sites is 1. The topological polar surface area (TPSA) is 60.2 Å². The molecule has 2 aromatic heterocycles. The summed E-state index contributed by atoms with van der Waals surface area (Å²) in [5, 5.41) is 0. The number of amides is 1. The van der Waals surface area contributed by atoms with Gasteiger partial charge in [0.05, 0.1) is 26.1 Å². The van der Waals surface area contributed by atoms with E-state index in [1.165, 1.54) is 0 Å². The number of nitrogens with zero attached hydrogens (tertiary/aromatic N) is 4. The lowest BCUT2D eigenvalue weighted by atomic mass is 10.0. The molecule has 0 spiro atoms. The molecule has 3 aromatic rings. The number of methoxy groups -OCH3 is 1. The molecule has 1 unspecified atom stereocenters. The van der Waals surface area contributed by atoms with Gasteiger partial charge in [0.25, 0.3) is 0 Å². The number of carbonyl (C=O) groups is 1. The third-order valence-corrected chi connectivity index (χ3v) is 4.76. The van der Waals surface area contributed by atoms with Crippen LogP contribution < -0.4 is 4.74 Å². The van der Waals surface area contributed by atoms with Crippen molar-refractivity contribution in [2.24, 2.45) is 0 Å². The van der Waals surface area contributed by atoms with Gasteiger partial charge in [0.1, 0.15) is 11.6 Å². The Bertz CT molecular complexity index is 907. The van der Waals surface area contributed by atoms with Crippen LogP contribution in [0.5, 0.6) is 5.75 Å². The van der Waals surface area contributed by atoms with E-state index < -0.39 is 0 Å². The molecule has 4 rings (SSSR count). The summed E-state index contributed by atoms with van der Waals surface area (Å²) >= 11 is 0. The maximum atomic E-state index is 13.1. The van der Waals surface area contributed by atoms with Crippen LogP contribution in [0.15, 0.2) is 61.2 Å². The summed E-state index contributed by atoms with van der Waals surface area (Å²) in [6.45, 7) is 1.14. The second kappa shape index (κ2) is 7.00. The normalized spacial score (nSPS) is 16.2. The van der Waals surface area contributed by atoms with E-state index >= 15 is 0 Å². The van der Waals surface area contributed by atoms with Gasteiger partial charge in [-0.1, -0.05) is 24.3 Å². The number of hydrogen-bond donors (Lipinski definition) is 0. The summed E-state index contributed by atoms with van der Waals surface area (Å²) in [6, 6.07) is 11.5. The van der Waals surface area contributed by atoms with E-state index in [0.717, 1.165) is 22.7 Å². The van der Waals surface area contributed by atoms with E-state index in [1.54, 1.807) is 25.7 Å². The lowest BCUT2D eigenvalue weighted by molar-refractivity contribution is -0.135. The highest BCUT2D eigenvalue weighted by Gasteiger charge is 2.32. The Morgan fingerprint density at radius 3 is 2.92 bits per heavy atom. The summed E-state index contributed by atoms with van der Waals surface area (Å²) < 4.78 is 7.64.